The van der Waals surface area contributed by atoms with Gasteiger partial charge in [0.05, 0.1) is 0 Å². The quantitative estimate of drug-likeness (QED) is 0.204. The SMILES string of the molecule is CCCCN=C(NCCn1cnnc1CC)N(C)Cc1ccc(OC(F)F)cc1.I. The summed E-state index contributed by atoms with van der Waals surface area (Å²) in [4.78, 5) is 6.71. The van der Waals surface area contributed by atoms with Crippen LogP contribution in [0, 0.1) is 0 Å². The van der Waals surface area contributed by atoms with Gasteiger partial charge in [-0.15, -0.1) is 34.2 Å². The Morgan fingerprint density at radius 1 is 1.27 bits per heavy atom. The van der Waals surface area contributed by atoms with E-state index in [1.54, 1.807) is 30.6 Å². The van der Waals surface area contributed by atoms with Crippen molar-refractivity contribution in [3.05, 3.63) is 42.0 Å². The molecule has 0 unspecified atom stereocenters. The Labute approximate surface area is 193 Å². The summed E-state index contributed by atoms with van der Waals surface area (Å²) in [7, 11) is 1.96. The number of nitrogens with one attached hydrogen (secondary N) is 1. The number of guanidine groups is 1. The minimum atomic E-state index is -2.82. The lowest BCUT2D eigenvalue weighted by atomic mass is 10.2. The lowest BCUT2D eigenvalue weighted by Crippen LogP contribution is -2.40. The maximum Gasteiger partial charge on any atom is 0.387 e. The summed E-state index contributed by atoms with van der Waals surface area (Å²) in [6.07, 6.45) is 4.67. The Kier molecular flexibility index (Phi) is 12.2. The predicted molar refractivity (Wildman–Crippen MR) is 125 cm³/mol. The van der Waals surface area contributed by atoms with Gasteiger partial charge in [0.25, 0.3) is 0 Å². The van der Waals surface area contributed by atoms with Crippen molar-refractivity contribution in [3.8, 4) is 5.75 Å². The fourth-order valence-electron chi connectivity index (χ4n) is 2.81. The highest BCUT2D eigenvalue weighted by molar-refractivity contribution is 14.0. The highest BCUT2D eigenvalue weighted by Gasteiger charge is 2.09. The molecule has 0 aliphatic carbocycles. The van der Waals surface area contributed by atoms with Crippen molar-refractivity contribution in [2.24, 2.45) is 4.99 Å². The molecule has 0 aliphatic rings. The highest BCUT2D eigenvalue weighted by Crippen LogP contribution is 2.15. The van der Waals surface area contributed by atoms with E-state index >= 15 is 0 Å². The lowest BCUT2D eigenvalue weighted by Gasteiger charge is -2.23. The van der Waals surface area contributed by atoms with Crippen LogP contribution in [0.2, 0.25) is 0 Å². The molecule has 1 aromatic heterocycles. The molecule has 0 fully saturated rings. The molecule has 1 N–H and O–H groups in total. The number of hydrogen-bond acceptors (Lipinski definition) is 4. The van der Waals surface area contributed by atoms with Gasteiger partial charge in [0, 0.05) is 39.6 Å². The lowest BCUT2D eigenvalue weighted by molar-refractivity contribution is -0.0498. The van der Waals surface area contributed by atoms with Crippen molar-refractivity contribution in [2.75, 3.05) is 20.1 Å². The van der Waals surface area contributed by atoms with Crippen molar-refractivity contribution >= 4 is 29.9 Å². The fraction of sp³-hybridized carbons (Fsp3) is 0.550. The predicted octanol–water partition coefficient (Wildman–Crippen LogP) is 3.94. The largest absolute Gasteiger partial charge is 0.435 e. The van der Waals surface area contributed by atoms with Crippen LogP contribution in [0.1, 0.15) is 38.1 Å². The van der Waals surface area contributed by atoms with Gasteiger partial charge in [-0.05, 0) is 24.1 Å². The van der Waals surface area contributed by atoms with Gasteiger partial charge >= 0.3 is 6.61 Å². The zero-order valence-electron chi connectivity index (χ0n) is 17.7. The molecule has 0 amide bonds. The molecule has 168 valence electrons. The van der Waals surface area contributed by atoms with Gasteiger partial charge in [-0.25, -0.2) is 0 Å². The van der Waals surface area contributed by atoms with Crippen molar-refractivity contribution < 1.29 is 13.5 Å². The van der Waals surface area contributed by atoms with Gasteiger partial charge < -0.3 is 19.5 Å². The molecule has 2 aromatic rings. The number of alkyl halides is 2. The molecule has 0 saturated carbocycles. The maximum atomic E-state index is 12.3. The monoisotopic (exact) mass is 536 g/mol. The number of benzene rings is 1. The topological polar surface area (TPSA) is 67.6 Å². The summed E-state index contributed by atoms with van der Waals surface area (Å²) >= 11 is 0. The van der Waals surface area contributed by atoms with Crippen molar-refractivity contribution in [2.45, 2.75) is 52.8 Å². The molecule has 30 heavy (non-hydrogen) atoms. The van der Waals surface area contributed by atoms with Gasteiger partial charge in [-0.1, -0.05) is 32.4 Å². The number of unbranched alkanes of at least 4 members (excludes halogenated alkanes) is 1. The number of hydrogen-bond donors (Lipinski definition) is 1. The average Bonchev–Trinajstić information content (AvgIpc) is 3.15. The third kappa shape index (κ3) is 8.80. The van der Waals surface area contributed by atoms with E-state index in [1.807, 2.05) is 16.5 Å². The molecule has 0 saturated heterocycles. The Morgan fingerprint density at radius 2 is 2.00 bits per heavy atom. The Morgan fingerprint density at radius 3 is 2.63 bits per heavy atom. The molecular weight excluding hydrogens is 505 g/mol. The van der Waals surface area contributed by atoms with Gasteiger partial charge in [-0.2, -0.15) is 8.78 Å². The van der Waals surface area contributed by atoms with Crippen LogP contribution >= 0.6 is 24.0 Å². The summed E-state index contributed by atoms with van der Waals surface area (Å²) in [6.45, 7) is 4.16. The molecule has 2 rings (SSSR count). The van der Waals surface area contributed by atoms with Crippen LogP contribution in [0.4, 0.5) is 8.78 Å². The van der Waals surface area contributed by atoms with E-state index in [-0.39, 0.29) is 29.7 Å². The van der Waals surface area contributed by atoms with E-state index in [1.165, 1.54) is 0 Å². The summed E-state index contributed by atoms with van der Waals surface area (Å²) in [6, 6.07) is 6.66. The van der Waals surface area contributed by atoms with E-state index in [9.17, 15) is 8.78 Å². The molecule has 0 radical (unpaired) electrons. The average molecular weight is 536 g/mol. The number of aryl methyl sites for hydroxylation is 1. The number of aromatic nitrogens is 3. The van der Waals surface area contributed by atoms with E-state index in [0.29, 0.717) is 13.1 Å². The number of nitrogens with zero attached hydrogens (tertiary/aromatic N) is 5. The first-order valence-electron chi connectivity index (χ1n) is 9.93. The fourth-order valence-corrected chi connectivity index (χ4v) is 2.81. The van der Waals surface area contributed by atoms with Crippen LogP contribution < -0.4 is 10.1 Å². The highest BCUT2D eigenvalue weighted by atomic mass is 127. The van der Waals surface area contributed by atoms with Crippen molar-refractivity contribution in [1.82, 2.24) is 25.0 Å². The van der Waals surface area contributed by atoms with E-state index < -0.39 is 6.61 Å². The third-order valence-corrected chi connectivity index (χ3v) is 4.35. The first-order valence-corrected chi connectivity index (χ1v) is 9.93. The van der Waals surface area contributed by atoms with Gasteiger partial charge in [0.1, 0.15) is 17.9 Å². The minimum absolute atomic E-state index is 0. The molecule has 1 aromatic carbocycles. The zero-order chi connectivity index (χ0) is 21.1. The molecule has 10 heteroatoms. The Hall–Kier alpha value is -1.98. The summed E-state index contributed by atoms with van der Waals surface area (Å²) < 4.78 is 31.0. The maximum absolute atomic E-state index is 12.3. The van der Waals surface area contributed by atoms with Crippen LogP contribution in [-0.4, -0.2) is 52.4 Å². The van der Waals surface area contributed by atoms with Crippen LogP contribution in [0.15, 0.2) is 35.6 Å². The molecule has 0 aliphatic heterocycles. The summed E-state index contributed by atoms with van der Waals surface area (Å²) in [5, 5.41) is 11.5. The Bertz CT molecular complexity index is 754. The molecule has 0 atom stereocenters. The molecule has 0 spiro atoms. The number of rotatable bonds is 11. The second-order valence-corrected chi connectivity index (χ2v) is 6.66. The smallest absolute Gasteiger partial charge is 0.387 e. The van der Waals surface area contributed by atoms with Gasteiger partial charge in [0.15, 0.2) is 5.96 Å². The van der Waals surface area contributed by atoms with Crippen LogP contribution in [0.25, 0.3) is 0 Å². The normalized spacial score (nSPS) is 11.3. The second kappa shape index (κ2) is 14.1. The van der Waals surface area contributed by atoms with E-state index in [4.69, 9.17) is 4.99 Å². The summed E-state index contributed by atoms with van der Waals surface area (Å²) in [5.41, 5.74) is 0.978. The van der Waals surface area contributed by atoms with Gasteiger partial charge in [-0.3, -0.25) is 4.99 Å². The van der Waals surface area contributed by atoms with Crippen LogP contribution in [0.5, 0.6) is 5.75 Å². The second-order valence-electron chi connectivity index (χ2n) is 6.66. The number of halogens is 3. The molecular formula is C20H31F2IN6O. The number of ether oxygens (including phenoxy) is 1. The van der Waals surface area contributed by atoms with Crippen LogP contribution in [-0.2, 0) is 19.5 Å². The molecule has 7 nitrogen and oxygen atoms in total. The van der Waals surface area contributed by atoms with Gasteiger partial charge in [0.2, 0.25) is 0 Å². The first kappa shape index (κ1) is 26.1. The zero-order valence-corrected chi connectivity index (χ0v) is 20.1. The summed E-state index contributed by atoms with van der Waals surface area (Å²) in [5.74, 6) is 1.91. The minimum Gasteiger partial charge on any atom is -0.435 e. The van der Waals surface area contributed by atoms with E-state index in [2.05, 4.69) is 34.1 Å². The number of aliphatic imine (C=N–C) groups is 1. The standard InChI is InChI=1S/C20H30F2N6O.HI/c1-4-6-11-23-20(24-12-13-28-15-25-26-18(28)5-2)27(3)14-16-7-9-17(10-8-16)29-19(21)22;/h7-10,15,19H,4-6,11-14H2,1-3H3,(H,23,24);1H. The molecule has 0 bridgehead atoms. The third-order valence-electron chi connectivity index (χ3n) is 4.35. The van der Waals surface area contributed by atoms with Crippen LogP contribution in [0.3, 0.4) is 0 Å². The van der Waals surface area contributed by atoms with E-state index in [0.717, 1.165) is 49.7 Å². The van der Waals surface area contributed by atoms with Crippen molar-refractivity contribution in [1.29, 1.82) is 0 Å². The molecule has 1 heterocycles. The van der Waals surface area contributed by atoms with Crippen molar-refractivity contribution in [3.63, 3.8) is 0 Å². The Balaban J connectivity index is 0.00000450. The first-order chi connectivity index (χ1) is 14.0.